The topological polar surface area (TPSA) is 152 Å². The predicted molar refractivity (Wildman–Crippen MR) is 143 cm³/mol. The van der Waals surface area contributed by atoms with Crippen LogP contribution in [0.15, 0.2) is 71.8 Å². The summed E-state index contributed by atoms with van der Waals surface area (Å²) in [7, 11) is 1.24. The molecule has 2 aromatic rings. The summed E-state index contributed by atoms with van der Waals surface area (Å²) in [5.74, 6) is -3.52. The minimum absolute atomic E-state index is 0.0591. The van der Waals surface area contributed by atoms with E-state index in [2.05, 4.69) is 0 Å². The molecule has 2 unspecified atom stereocenters. The van der Waals surface area contributed by atoms with Gasteiger partial charge < -0.3 is 23.8 Å². The number of amides is 2. The van der Waals surface area contributed by atoms with Crippen molar-refractivity contribution in [3.8, 4) is 17.2 Å². The summed E-state index contributed by atoms with van der Waals surface area (Å²) in [5.41, 5.74) is -1.68. The molecule has 3 heterocycles. The van der Waals surface area contributed by atoms with Gasteiger partial charge in [-0.25, -0.2) is 14.4 Å². The fraction of sp³-hybridized carbons (Fsp3) is 0.226. The lowest BCUT2D eigenvalue weighted by Gasteiger charge is -2.37. The molecule has 3 aliphatic heterocycles. The predicted octanol–water partition coefficient (Wildman–Crippen LogP) is 3.34. The molecule has 2 atom stereocenters. The van der Waals surface area contributed by atoms with E-state index in [9.17, 15) is 28.8 Å². The summed E-state index contributed by atoms with van der Waals surface area (Å²) < 4.78 is 22.3. The number of esters is 3. The number of hydrogen-bond donors (Lipinski definition) is 0. The average molecular weight is 586 g/mol. The minimum atomic E-state index is -1.60. The van der Waals surface area contributed by atoms with Crippen LogP contribution in [-0.4, -0.2) is 47.9 Å². The average Bonchev–Trinajstić information content (AvgIpc) is 3.35. The molecule has 218 valence electrons. The lowest BCUT2D eigenvalue weighted by Crippen LogP contribution is -2.37. The quantitative estimate of drug-likeness (QED) is 0.295. The third kappa shape index (κ3) is 4.30. The maximum atomic E-state index is 13.5. The summed E-state index contributed by atoms with van der Waals surface area (Å²) in [6.07, 6.45) is 5.75. The summed E-state index contributed by atoms with van der Waals surface area (Å²) in [4.78, 5) is 79.9. The first-order chi connectivity index (χ1) is 20.5. The number of fused-ring (bicyclic) bond motifs is 5. The van der Waals surface area contributed by atoms with Crippen LogP contribution in [-0.2, 0) is 43.9 Å². The van der Waals surface area contributed by atoms with Crippen molar-refractivity contribution in [2.75, 3.05) is 7.11 Å². The van der Waals surface area contributed by atoms with Gasteiger partial charge in [0.1, 0.15) is 22.7 Å². The number of benzene rings is 2. The first-order valence-electron chi connectivity index (χ1n) is 13.2. The van der Waals surface area contributed by atoms with Gasteiger partial charge in [-0.3, -0.25) is 14.4 Å². The monoisotopic (exact) mass is 585 g/mol. The Balaban J connectivity index is 1.48. The fourth-order valence-corrected chi connectivity index (χ4v) is 5.37. The summed E-state index contributed by atoms with van der Waals surface area (Å²) >= 11 is 0. The van der Waals surface area contributed by atoms with Crippen LogP contribution >= 0.6 is 0 Å². The number of methoxy groups -OCH3 is 1. The standard InChI is InChI=1S/C31H23NO11/c1-16(33)40-18-5-7-22-24(15-18)41-23-14-17(27(36)39-3)4-6-21(23)31(22)20-11-13-30(2,12-10-19(20)28(37)42-31)29(38)43-32-25(34)8-9-26(32)35/h4-7,10-15H,8-9H2,1-3H3. The van der Waals surface area contributed by atoms with E-state index in [0.717, 1.165) is 0 Å². The van der Waals surface area contributed by atoms with E-state index >= 15 is 0 Å². The normalized spacial score (nSPS) is 23.2. The van der Waals surface area contributed by atoms with Crippen LogP contribution in [0.3, 0.4) is 0 Å². The van der Waals surface area contributed by atoms with Crippen molar-refractivity contribution in [2.45, 2.75) is 32.3 Å². The molecule has 2 aromatic carbocycles. The van der Waals surface area contributed by atoms with Gasteiger partial charge in [-0.1, -0.05) is 18.2 Å². The van der Waals surface area contributed by atoms with Gasteiger partial charge in [0.15, 0.2) is 5.60 Å². The minimum Gasteiger partial charge on any atom is -0.465 e. The van der Waals surface area contributed by atoms with E-state index in [1.54, 1.807) is 18.2 Å². The number of hydrogen-bond acceptors (Lipinski definition) is 11. The van der Waals surface area contributed by atoms with Gasteiger partial charge in [0, 0.05) is 42.5 Å². The number of hydroxylamine groups is 2. The van der Waals surface area contributed by atoms with Crippen LogP contribution in [0.1, 0.15) is 48.2 Å². The largest absolute Gasteiger partial charge is 0.465 e. The van der Waals surface area contributed by atoms with Gasteiger partial charge in [-0.15, -0.1) is 5.06 Å². The van der Waals surface area contributed by atoms with Crippen molar-refractivity contribution in [3.05, 3.63) is 88.5 Å². The van der Waals surface area contributed by atoms with Gasteiger partial charge in [-0.2, -0.15) is 0 Å². The molecule has 12 heteroatoms. The van der Waals surface area contributed by atoms with E-state index in [0.29, 0.717) is 21.8 Å². The maximum Gasteiger partial charge on any atom is 0.346 e. The van der Waals surface area contributed by atoms with Crippen LogP contribution in [0.5, 0.6) is 17.2 Å². The summed E-state index contributed by atoms with van der Waals surface area (Å²) in [6, 6.07) is 9.09. The molecule has 0 radical (unpaired) electrons. The van der Waals surface area contributed by atoms with Crippen molar-refractivity contribution in [1.82, 2.24) is 5.06 Å². The van der Waals surface area contributed by atoms with E-state index in [1.807, 2.05) is 0 Å². The first-order valence-corrected chi connectivity index (χ1v) is 13.2. The Morgan fingerprint density at radius 3 is 2.23 bits per heavy atom. The Bertz CT molecular complexity index is 1750. The second-order valence-electron chi connectivity index (χ2n) is 10.4. The molecule has 0 aromatic heterocycles. The van der Waals surface area contributed by atoms with E-state index in [4.69, 9.17) is 23.8 Å². The number of nitrogens with zero attached hydrogens (tertiary/aromatic N) is 1. The van der Waals surface area contributed by atoms with Crippen LogP contribution in [0.25, 0.3) is 0 Å². The smallest absolute Gasteiger partial charge is 0.346 e. The Morgan fingerprint density at radius 2 is 1.56 bits per heavy atom. The van der Waals surface area contributed by atoms with Gasteiger partial charge in [0.25, 0.3) is 11.8 Å². The van der Waals surface area contributed by atoms with E-state index in [1.165, 1.54) is 63.5 Å². The zero-order valence-electron chi connectivity index (χ0n) is 23.1. The van der Waals surface area contributed by atoms with Crippen LogP contribution in [0, 0.1) is 5.41 Å². The van der Waals surface area contributed by atoms with Crippen molar-refractivity contribution in [3.63, 3.8) is 0 Å². The number of carbonyl (C=O) groups is 6. The molecular weight excluding hydrogens is 562 g/mol. The molecule has 12 nitrogen and oxygen atoms in total. The molecule has 43 heavy (non-hydrogen) atoms. The molecule has 6 rings (SSSR count). The molecule has 0 saturated carbocycles. The third-order valence-corrected chi connectivity index (χ3v) is 7.54. The fourth-order valence-electron chi connectivity index (χ4n) is 5.37. The van der Waals surface area contributed by atoms with Gasteiger partial charge >= 0.3 is 23.9 Å². The van der Waals surface area contributed by atoms with Crippen molar-refractivity contribution < 1.29 is 52.6 Å². The highest BCUT2D eigenvalue weighted by Gasteiger charge is 2.55. The van der Waals surface area contributed by atoms with Crippen LogP contribution < -0.4 is 9.47 Å². The van der Waals surface area contributed by atoms with Gasteiger partial charge in [0.2, 0.25) is 0 Å². The lowest BCUT2D eigenvalue weighted by molar-refractivity contribution is -0.201. The molecule has 1 saturated heterocycles. The molecule has 0 bridgehead atoms. The van der Waals surface area contributed by atoms with Crippen LogP contribution in [0.2, 0.25) is 0 Å². The van der Waals surface area contributed by atoms with E-state index in [-0.39, 0.29) is 41.2 Å². The molecule has 1 fully saturated rings. The number of rotatable bonds is 4. The highest BCUT2D eigenvalue weighted by Crippen LogP contribution is 2.57. The first kappa shape index (κ1) is 27.6. The number of imide groups is 1. The van der Waals surface area contributed by atoms with Gasteiger partial charge in [-0.05, 0) is 43.3 Å². The third-order valence-electron chi connectivity index (χ3n) is 7.54. The maximum absolute atomic E-state index is 13.5. The highest BCUT2D eigenvalue weighted by atomic mass is 16.7. The lowest BCUT2D eigenvalue weighted by atomic mass is 9.76. The van der Waals surface area contributed by atoms with Crippen molar-refractivity contribution in [1.29, 1.82) is 0 Å². The molecule has 2 amide bonds. The summed E-state index contributed by atoms with van der Waals surface area (Å²) in [6.45, 7) is 2.75. The molecular formula is C31H23NO11. The zero-order chi connectivity index (χ0) is 30.7. The second kappa shape index (κ2) is 9.79. The van der Waals surface area contributed by atoms with Gasteiger partial charge in [0.05, 0.1) is 18.2 Å². The van der Waals surface area contributed by atoms with Crippen molar-refractivity contribution in [2.24, 2.45) is 5.41 Å². The molecule has 1 spiro atoms. The Kier molecular flexibility index (Phi) is 6.29. The van der Waals surface area contributed by atoms with Crippen molar-refractivity contribution >= 4 is 35.7 Å². The SMILES string of the molecule is COC(=O)c1ccc2c(c1)Oc1cc(OC(C)=O)ccc1C21OC(=O)C2=C1C=CC(C)(C(=O)ON1C(=O)CCC1=O)C=C2. The Hall–Kier alpha value is -5.52. The molecule has 4 aliphatic rings. The molecule has 0 N–H and O–H groups in total. The zero-order valence-corrected chi connectivity index (χ0v) is 23.1. The second-order valence-corrected chi connectivity index (χ2v) is 10.4. The molecule has 1 aliphatic carbocycles. The number of ether oxygens (including phenoxy) is 4. The summed E-state index contributed by atoms with van der Waals surface area (Å²) in [5, 5.41) is 0.460. The highest BCUT2D eigenvalue weighted by molar-refractivity contribution is 6.02. The van der Waals surface area contributed by atoms with E-state index < -0.39 is 46.7 Å². The Labute approximate surface area is 244 Å². The number of carbonyl (C=O) groups excluding carboxylic acids is 6. The Morgan fingerprint density at radius 1 is 0.907 bits per heavy atom. The van der Waals surface area contributed by atoms with Crippen LogP contribution in [0.4, 0.5) is 0 Å².